The lowest BCUT2D eigenvalue weighted by Crippen LogP contribution is -2.14. The molecule has 0 nitrogen and oxygen atoms in total. The van der Waals surface area contributed by atoms with Gasteiger partial charge >= 0.3 is 0 Å². The first-order valence-electron chi connectivity index (χ1n) is 18.6. The first-order valence-corrected chi connectivity index (χ1v) is 18.6. The zero-order valence-electron chi connectivity index (χ0n) is 30.0. The van der Waals surface area contributed by atoms with Crippen molar-refractivity contribution < 1.29 is 0 Å². The van der Waals surface area contributed by atoms with Crippen LogP contribution in [0.2, 0.25) is 0 Å². The van der Waals surface area contributed by atoms with E-state index in [1.165, 1.54) is 99.4 Å². The van der Waals surface area contributed by atoms with Crippen molar-refractivity contribution in [2.45, 2.75) is 19.3 Å². The molecule has 9 aromatic carbocycles. The molecule has 53 heavy (non-hydrogen) atoms. The van der Waals surface area contributed by atoms with Gasteiger partial charge in [-0.2, -0.15) is 0 Å². The first kappa shape index (κ1) is 31.3. The Kier molecular flexibility index (Phi) is 7.27. The molecule has 0 unspecified atom stereocenters. The van der Waals surface area contributed by atoms with E-state index in [2.05, 4.69) is 208 Å². The third-order valence-electron chi connectivity index (χ3n) is 11.4. The fraction of sp³-hybridized carbons (Fsp3) is 0.0566. The lowest BCUT2D eigenvalue weighted by atomic mass is 9.81. The molecule has 0 saturated heterocycles. The summed E-state index contributed by atoms with van der Waals surface area (Å²) in [6, 6.07) is 71.7. The molecule has 9 aromatic rings. The van der Waals surface area contributed by atoms with Gasteiger partial charge in [0.1, 0.15) is 0 Å². The largest absolute Gasteiger partial charge is 0.0622 e. The molecular formula is C53H38. The molecule has 10 rings (SSSR count). The Morgan fingerprint density at radius 1 is 0.264 bits per heavy atom. The summed E-state index contributed by atoms with van der Waals surface area (Å²) in [5, 5.41) is 5.18. The van der Waals surface area contributed by atoms with E-state index in [0.717, 1.165) is 0 Å². The number of hydrogen-bond donors (Lipinski definition) is 0. The summed E-state index contributed by atoms with van der Waals surface area (Å²) in [5.41, 5.74) is 17.7. The van der Waals surface area contributed by atoms with E-state index < -0.39 is 0 Å². The Morgan fingerprint density at radius 2 is 0.698 bits per heavy atom. The highest BCUT2D eigenvalue weighted by Crippen LogP contribution is 2.50. The van der Waals surface area contributed by atoms with Gasteiger partial charge in [0.2, 0.25) is 0 Å². The van der Waals surface area contributed by atoms with Crippen molar-refractivity contribution in [1.29, 1.82) is 0 Å². The molecule has 0 spiro atoms. The molecule has 0 bridgehead atoms. The average molecular weight is 675 g/mol. The number of benzene rings is 9. The number of fused-ring (bicyclic) bond motifs is 6. The third kappa shape index (κ3) is 5.38. The van der Waals surface area contributed by atoms with Crippen molar-refractivity contribution >= 4 is 21.5 Å². The fourth-order valence-electron chi connectivity index (χ4n) is 8.58. The lowest BCUT2D eigenvalue weighted by Gasteiger charge is -2.22. The minimum absolute atomic E-state index is 0.0330. The summed E-state index contributed by atoms with van der Waals surface area (Å²) in [6.07, 6.45) is 0. The maximum atomic E-state index is 2.47. The minimum Gasteiger partial charge on any atom is -0.0622 e. The lowest BCUT2D eigenvalue weighted by molar-refractivity contribution is 0.661. The molecule has 0 aliphatic heterocycles. The number of rotatable bonds is 5. The van der Waals surface area contributed by atoms with Gasteiger partial charge in [-0.25, -0.2) is 0 Å². The molecule has 0 amide bonds. The van der Waals surface area contributed by atoms with Crippen molar-refractivity contribution in [2.24, 2.45) is 0 Å². The Bertz CT molecular complexity index is 2780. The Labute approximate surface area is 311 Å². The summed E-state index contributed by atoms with van der Waals surface area (Å²) in [4.78, 5) is 0. The van der Waals surface area contributed by atoms with Gasteiger partial charge in [0, 0.05) is 5.41 Å². The van der Waals surface area contributed by atoms with Crippen LogP contribution in [-0.4, -0.2) is 0 Å². The van der Waals surface area contributed by atoms with Crippen LogP contribution in [0.4, 0.5) is 0 Å². The van der Waals surface area contributed by atoms with Crippen molar-refractivity contribution in [2.75, 3.05) is 0 Å². The summed E-state index contributed by atoms with van der Waals surface area (Å²) in [5.74, 6) is 0. The van der Waals surface area contributed by atoms with Crippen LogP contribution in [0.5, 0.6) is 0 Å². The molecule has 0 N–H and O–H groups in total. The summed E-state index contributed by atoms with van der Waals surface area (Å²) >= 11 is 0. The average Bonchev–Trinajstić information content (AvgIpc) is 3.45. The second-order valence-corrected chi connectivity index (χ2v) is 15.0. The minimum atomic E-state index is -0.0330. The standard InChI is InChI=1S/C53H38/c1-53(2)51-22-10-9-21-47(51)50-33-43-26-24-37-23-25-42(32-48(37)49(43)34-52(50)53)40-19-11-17-38(27-40)39-18-12-20-41(28-39)46-30-44(35-13-5-3-6-14-35)29-45(31-46)36-15-7-4-8-16-36/h3-34H,1-2H3. The van der Waals surface area contributed by atoms with Gasteiger partial charge in [0.05, 0.1) is 0 Å². The molecule has 0 fully saturated rings. The van der Waals surface area contributed by atoms with Crippen LogP contribution < -0.4 is 0 Å². The van der Waals surface area contributed by atoms with Gasteiger partial charge in [0.25, 0.3) is 0 Å². The Hall–Kier alpha value is -6.50. The van der Waals surface area contributed by atoms with Crippen LogP contribution >= 0.6 is 0 Å². The first-order chi connectivity index (χ1) is 26.0. The zero-order chi connectivity index (χ0) is 35.5. The van der Waals surface area contributed by atoms with Gasteiger partial charge in [-0.1, -0.05) is 159 Å². The monoisotopic (exact) mass is 674 g/mol. The number of hydrogen-bond acceptors (Lipinski definition) is 0. The predicted molar refractivity (Wildman–Crippen MR) is 226 cm³/mol. The van der Waals surface area contributed by atoms with E-state index in [4.69, 9.17) is 0 Å². The molecule has 0 heteroatoms. The van der Waals surface area contributed by atoms with E-state index in [0.29, 0.717) is 0 Å². The van der Waals surface area contributed by atoms with Crippen LogP contribution in [0.25, 0.3) is 88.3 Å². The maximum Gasteiger partial charge on any atom is 0.0159 e. The van der Waals surface area contributed by atoms with E-state index >= 15 is 0 Å². The second kappa shape index (κ2) is 12.3. The normalized spacial score (nSPS) is 12.9. The van der Waals surface area contributed by atoms with Gasteiger partial charge in [0.15, 0.2) is 0 Å². The Morgan fingerprint density at radius 3 is 1.32 bits per heavy atom. The van der Waals surface area contributed by atoms with E-state index in [1.807, 2.05) is 0 Å². The van der Waals surface area contributed by atoms with Crippen LogP contribution in [0.15, 0.2) is 194 Å². The SMILES string of the molecule is CC1(C)c2ccccc2-c2cc3ccc4ccc(-c5cccc(-c6cccc(-c7cc(-c8ccccc8)cc(-c8ccccc8)c7)c6)c5)cc4c3cc21. The second-order valence-electron chi connectivity index (χ2n) is 15.0. The quantitative estimate of drug-likeness (QED) is 0.159. The van der Waals surface area contributed by atoms with Gasteiger partial charge in [-0.15, -0.1) is 0 Å². The smallest absolute Gasteiger partial charge is 0.0159 e. The molecule has 1 aliphatic rings. The fourth-order valence-corrected chi connectivity index (χ4v) is 8.58. The molecule has 0 radical (unpaired) electrons. The molecular weight excluding hydrogens is 637 g/mol. The van der Waals surface area contributed by atoms with E-state index in [1.54, 1.807) is 0 Å². The summed E-state index contributed by atoms with van der Waals surface area (Å²) in [6.45, 7) is 4.73. The molecule has 0 saturated carbocycles. The van der Waals surface area contributed by atoms with Crippen molar-refractivity contribution in [3.63, 3.8) is 0 Å². The van der Waals surface area contributed by atoms with Crippen LogP contribution in [0, 0.1) is 0 Å². The highest BCUT2D eigenvalue weighted by molar-refractivity contribution is 6.11. The van der Waals surface area contributed by atoms with Gasteiger partial charge in [-0.05, 0) is 148 Å². The van der Waals surface area contributed by atoms with Crippen molar-refractivity contribution in [1.82, 2.24) is 0 Å². The molecule has 0 aromatic heterocycles. The molecule has 0 atom stereocenters. The van der Waals surface area contributed by atoms with E-state index in [9.17, 15) is 0 Å². The topological polar surface area (TPSA) is 0 Å². The van der Waals surface area contributed by atoms with Gasteiger partial charge < -0.3 is 0 Å². The molecule has 0 heterocycles. The van der Waals surface area contributed by atoms with Crippen LogP contribution in [0.1, 0.15) is 25.0 Å². The highest BCUT2D eigenvalue weighted by atomic mass is 14.4. The third-order valence-corrected chi connectivity index (χ3v) is 11.4. The molecule has 1 aliphatic carbocycles. The van der Waals surface area contributed by atoms with Crippen LogP contribution in [0.3, 0.4) is 0 Å². The summed E-state index contributed by atoms with van der Waals surface area (Å²) < 4.78 is 0. The van der Waals surface area contributed by atoms with Crippen molar-refractivity contribution in [3.8, 4) is 66.8 Å². The van der Waals surface area contributed by atoms with Crippen LogP contribution in [-0.2, 0) is 5.41 Å². The predicted octanol–water partition coefficient (Wildman–Crippen LogP) is 14.6. The molecule has 250 valence electrons. The Balaban J connectivity index is 1.05. The van der Waals surface area contributed by atoms with Gasteiger partial charge in [-0.3, -0.25) is 0 Å². The maximum absolute atomic E-state index is 2.47. The summed E-state index contributed by atoms with van der Waals surface area (Å²) in [7, 11) is 0. The van der Waals surface area contributed by atoms with Crippen molar-refractivity contribution in [3.05, 3.63) is 205 Å². The zero-order valence-corrected chi connectivity index (χ0v) is 30.0. The highest BCUT2D eigenvalue weighted by Gasteiger charge is 2.35. The van der Waals surface area contributed by atoms with E-state index in [-0.39, 0.29) is 5.41 Å².